The smallest absolute Gasteiger partial charge is 0.127 e. The van der Waals surface area contributed by atoms with E-state index in [0.29, 0.717) is 13.0 Å². The number of para-hydroxylation sites is 1. The maximum absolute atomic E-state index is 10.5. The number of ether oxygens (including phenoxy) is 1. The number of aliphatic carboxylic acids is 1. The molecule has 0 saturated heterocycles. The van der Waals surface area contributed by atoms with Crippen LogP contribution in [0.1, 0.15) is 42.4 Å². The van der Waals surface area contributed by atoms with Gasteiger partial charge in [0.1, 0.15) is 12.4 Å². The summed E-state index contributed by atoms with van der Waals surface area (Å²) >= 11 is 0. The van der Waals surface area contributed by atoms with Crippen molar-refractivity contribution in [2.24, 2.45) is 0 Å². The van der Waals surface area contributed by atoms with Crippen LogP contribution in [-0.2, 0) is 11.4 Å². The SMILES string of the molecule is CN(CC/C=C1\c2ccccc2COc2ccccc21)CCCCC(=O)[O-]. The van der Waals surface area contributed by atoms with Crippen molar-refractivity contribution in [2.45, 2.75) is 32.3 Å². The van der Waals surface area contributed by atoms with Crippen LogP contribution in [0.2, 0.25) is 0 Å². The van der Waals surface area contributed by atoms with Gasteiger partial charge in [-0.1, -0.05) is 48.5 Å². The summed E-state index contributed by atoms with van der Waals surface area (Å²) < 4.78 is 6.01. The predicted octanol–water partition coefficient (Wildman–Crippen LogP) is 3.25. The van der Waals surface area contributed by atoms with Crippen molar-refractivity contribution >= 4 is 11.5 Å². The number of hydrogen-bond donors (Lipinski definition) is 0. The molecule has 0 aliphatic carbocycles. The molecule has 4 heteroatoms. The molecule has 1 aliphatic rings. The van der Waals surface area contributed by atoms with Gasteiger partial charge < -0.3 is 19.5 Å². The first kappa shape index (κ1) is 19.2. The molecule has 4 nitrogen and oxygen atoms in total. The van der Waals surface area contributed by atoms with E-state index in [2.05, 4.69) is 48.4 Å². The van der Waals surface area contributed by atoms with E-state index in [4.69, 9.17) is 4.74 Å². The second kappa shape index (κ2) is 9.38. The zero-order chi connectivity index (χ0) is 19.1. The Bertz CT molecular complexity index is 763. The summed E-state index contributed by atoms with van der Waals surface area (Å²) in [4.78, 5) is 12.7. The predicted molar refractivity (Wildman–Crippen MR) is 105 cm³/mol. The molecule has 0 N–H and O–H groups in total. The van der Waals surface area contributed by atoms with Crippen LogP contribution in [0.3, 0.4) is 0 Å². The third-order valence-electron chi connectivity index (χ3n) is 4.90. The first-order valence-corrected chi connectivity index (χ1v) is 9.54. The highest BCUT2D eigenvalue weighted by molar-refractivity contribution is 5.84. The molecule has 0 radical (unpaired) electrons. The Morgan fingerprint density at radius 1 is 1.07 bits per heavy atom. The number of carboxylic acids is 1. The zero-order valence-corrected chi connectivity index (χ0v) is 15.8. The summed E-state index contributed by atoms with van der Waals surface area (Å²) in [5.74, 6) is -0.0362. The Labute approximate surface area is 161 Å². The van der Waals surface area contributed by atoms with Crippen LogP contribution < -0.4 is 9.84 Å². The number of carbonyl (C=O) groups is 1. The van der Waals surface area contributed by atoms with Gasteiger partial charge in [0.15, 0.2) is 0 Å². The van der Waals surface area contributed by atoms with Crippen molar-refractivity contribution < 1.29 is 14.6 Å². The average Bonchev–Trinajstić information content (AvgIpc) is 2.83. The highest BCUT2D eigenvalue weighted by Crippen LogP contribution is 2.36. The summed E-state index contributed by atoms with van der Waals surface area (Å²) in [5, 5.41) is 10.5. The quantitative estimate of drug-likeness (QED) is 0.675. The molecule has 142 valence electrons. The molecule has 0 fully saturated rings. The Morgan fingerprint density at radius 2 is 1.81 bits per heavy atom. The Hall–Kier alpha value is -2.59. The van der Waals surface area contributed by atoms with E-state index in [1.807, 2.05) is 18.2 Å². The largest absolute Gasteiger partial charge is 0.550 e. The molecule has 2 aromatic carbocycles. The molecule has 27 heavy (non-hydrogen) atoms. The van der Waals surface area contributed by atoms with Gasteiger partial charge in [-0.15, -0.1) is 0 Å². The Morgan fingerprint density at radius 3 is 2.63 bits per heavy atom. The van der Waals surface area contributed by atoms with Gasteiger partial charge in [-0.25, -0.2) is 0 Å². The molecule has 2 aromatic rings. The van der Waals surface area contributed by atoms with E-state index < -0.39 is 5.97 Å². The highest BCUT2D eigenvalue weighted by atomic mass is 16.5. The topological polar surface area (TPSA) is 52.6 Å². The zero-order valence-electron chi connectivity index (χ0n) is 15.8. The molecule has 0 bridgehead atoms. The normalized spacial score (nSPS) is 14.4. The van der Waals surface area contributed by atoms with Gasteiger partial charge in [-0.2, -0.15) is 0 Å². The van der Waals surface area contributed by atoms with E-state index in [0.717, 1.165) is 37.2 Å². The van der Waals surface area contributed by atoms with Crippen molar-refractivity contribution in [1.82, 2.24) is 4.90 Å². The minimum Gasteiger partial charge on any atom is -0.550 e. The molecular weight excluding hydrogens is 338 g/mol. The standard InChI is InChI=1S/C23H27NO3/c1-24(15-7-6-14-23(25)26)16-8-12-20-19-10-3-2-9-18(19)17-27-22-13-5-4-11-21(20)22/h2-5,9-13H,6-8,14-17H2,1H3,(H,25,26)/p-1/b20-12+. The Balaban J connectivity index is 1.69. The summed E-state index contributed by atoms with van der Waals surface area (Å²) in [6.07, 6.45) is 4.91. The van der Waals surface area contributed by atoms with Crippen LogP contribution in [0, 0.1) is 0 Å². The van der Waals surface area contributed by atoms with Gasteiger partial charge in [0.05, 0.1) is 0 Å². The number of nitrogens with zero attached hydrogens (tertiary/aromatic N) is 1. The summed E-state index contributed by atoms with van der Waals surface area (Å²) in [6, 6.07) is 16.6. The van der Waals surface area contributed by atoms with Crippen molar-refractivity contribution in [1.29, 1.82) is 0 Å². The lowest BCUT2D eigenvalue weighted by molar-refractivity contribution is -0.305. The molecule has 3 rings (SSSR count). The molecule has 1 aliphatic heterocycles. The fraction of sp³-hybridized carbons (Fsp3) is 0.348. The number of carboxylic acid groups (broad SMARTS) is 1. The van der Waals surface area contributed by atoms with E-state index >= 15 is 0 Å². The van der Waals surface area contributed by atoms with Crippen LogP contribution in [-0.4, -0.2) is 31.0 Å². The van der Waals surface area contributed by atoms with E-state index in [1.54, 1.807) is 0 Å². The summed E-state index contributed by atoms with van der Waals surface area (Å²) in [7, 11) is 2.08. The van der Waals surface area contributed by atoms with Crippen LogP contribution >= 0.6 is 0 Å². The van der Waals surface area contributed by atoms with Gasteiger partial charge in [0, 0.05) is 18.1 Å². The second-order valence-corrected chi connectivity index (χ2v) is 6.98. The van der Waals surface area contributed by atoms with Crippen molar-refractivity contribution in [3.05, 3.63) is 71.3 Å². The minimum absolute atomic E-state index is 0.144. The number of rotatable bonds is 8. The molecule has 0 saturated carbocycles. The first-order valence-electron chi connectivity index (χ1n) is 9.54. The maximum atomic E-state index is 10.5. The number of carbonyl (C=O) groups excluding carboxylic acids is 1. The molecule has 0 amide bonds. The van der Waals surface area contributed by atoms with Crippen molar-refractivity contribution in [2.75, 3.05) is 20.1 Å². The van der Waals surface area contributed by atoms with Crippen LogP contribution in [0.25, 0.3) is 5.57 Å². The number of hydrogen-bond acceptors (Lipinski definition) is 4. The van der Waals surface area contributed by atoms with Gasteiger partial charge in [-0.05, 0) is 62.0 Å². The number of fused-ring (bicyclic) bond motifs is 2. The minimum atomic E-state index is -0.963. The lowest BCUT2D eigenvalue weighted by atomic mass is 9.93. The van der Waals surface area contributed by atoms with Gasteiger partial charge in [0.2, 0.25) is 0 Å². The first-order chi connectivity index (χ1) is 13.1. The van der Waals surface area contributed by atoms with E-state index in [1.165, 1.54) is 16.7 Å². The van der Waals surface area contributed by atoms with E-state index in [9.17, 15) is 9.90 Å². The van der Waals surface area contributed by atoms with E-state index in [-0.39, 0.29) is 6.42 Å². The lowest BCUT2D eigenvalue weighted by Crippen LogP contribution is -2.23. The van der Waals surface area contributed by atoms with Gasteiger partial charge in [0.25, 0.3) is 0 Å². The molecule has 0 unspecified atom stereocenters. The van der Waals surface area contributed by atoms with Gasteiger partial charge in [-0.3, -0.25) is 0 Å². The number of benzene rings is 2. The van der Waals surface area contributed by atoms with Crippen molar-refractivity contribution in [3.63, 3.8) is 0 Å². The number of unbranched alkanes of at least 4 members (excludes halogenated alkanes) is 1. The average molecular weight is 364 g/mol. The van der Waals surface area contributed by atoms with Crippen LogP contribution in [0.15, 0.2) is 54.6 Å². The third-order valence-corrected chi connectivity index (χ3v) is 4.90. The molecule has 1 heterocycles. The van der Waals surface area contributed by atoms with Crippen LogP contribution in [0.4, 0.5) is 0 Å². The maximum Gasteiger partial charge on any atom is 0.127 e. The highest BCUT2D eigenvalue weighted by Gasteiger charge is 2.18. The molecular formula is C23H26NO3-. The summed E-state index contributed by atoms with van der Waals surface area (Å²) in [5.41, 5.74) is 4.80. The lowest BCUT2D eigenvalue weighted by Gasteiger charge is -2.16. The molecule has 0 spiro atoms. The fourth-order valence-electron chi connectivity index (χ4n) is 3.44. The summed E-state index contributed by atoms with van der Waals surface area (Å²) in [6.45, 7) is 2.41. The monoisotopic (exact) mass is 364 g/mol. The second-order valence-electron chi connectivity index (χ2n) is 6.98. The third kappa shape index (κ3) is 5.20. The Kier molecular flexibility index (Phi) is 6.66. The molecule has 0 atom stereocenters. The van der Waals surface area contributed by atoms with Crippen LogP contribution in [0.5, 0.6) is 5.75 Å². The van der Waals surface area contributed by atoms with Gasteiger partial charge >= 0.3 is 0 Å². The fourth-order valence-corrected chi connectivity index (χ4v) is 3.44. The van der Waals surface area contributed by atoms with Crippen molar-refractivity contribution in [3.8, 4) is 5.75 Å². The molecule has 0 aromatic heterocycles.